The number of thiophene rings is 1. The molecular formula is C5H7BO2S2. The van der Waals surface area contributed by atoms with Crippen molar-refractivity contribution >= 4 is 35.0 Å². The first-order chi connectivity index (χ1) is 4.74. The maximum Gasteiger partial charge on any atom is 0.499 e. The van der Waals surface area contributed by atoms with Gasteiger partial charge in [-0.05, 0) is 12.3 Å². The maximum atomic E-state index is 8.69. The van der Waals surface area contributed by atoms with E-state index in [1.165, 1.54) is 11.3 Å². The van der Waals surface area contributed by atoms with E-state index in [-0.39, 0.29) is 0 Å². The molecule has 0 unspecified atom stereocenters. The first-order valence-electron chi connectivity index (χ1n) is 2.74. The highest BCUT2D eigenvalue weighted by Gasteiger charge is 2.12. The van der Waals surface area contributed by atoms with Gasteiger partial charge < -0.3 is 10.0 Å². The predicted octanol–water partition coefficient (Wildman–Crippen LogP) is 0.150. The molecule has 0 aliphatic rings. The molecule has 0 fully saturated rings. The summed E-state index contributed by atoms with van der Waals surface area (Å²) in [5, 5.41) is 17.4. The quantitative estimate of drug-likeness (QED) is 0.495. The highest BCUT2D eigenvalue weighted by atomic mass is 32.2. The van der Waals surface area contributed by atoms with Gasteiger partial charge in [0, 0.05) is 4.78 Å². The molecule has 2 N–H and O–H groups in total. The Balaban J connectivity index is 2.78. The minimum absolute atomic E-state index is 0.601. The van der Waals surface area contributed by atoms with E-state index in [1.54, 1.807) is 17.8 Å². The molecule has 0 atom stereocenters. The molecule has 2 nitrogen and oxygen atoms in total. The summed E-state index contributed by atoms with van der Waals surface area (Å²) in [5.41, 5.74) is 0. The molecule has 0 saturated heterocycles. The molecule has 1 heterocycles. The maximum absolute atomic E-state index is 8.69. The second-order valence-electron chi connectivity index (χ2n) is 1.73. The lowest BCUT2D eigenvalue weighted by Gasteiger charge is -1.89. The van der Waals surface area contributed by atoms with Gasteiger partial charge in [-0.1, -0.05) is 6.07 Å². The molecule has 0 amide bonds. The smallest absolute Gasteiger partial charge is 0.423 e. The standard InChI is InChI=1S/C5H7BO2S2/c1-9-5-3-2-4(10-5)6(7)8/h2-3,7-8H,1H3. The van der Waals surface area contributed by atoms with Crippen molar-refractivity contribution in [1.82, 2.24) is 0 Å². The number of hydrogen-bond donors (Lipinski definition) is 2. The second-order valence-corrected chi connectivity index (χ2v) is 3.96. The van der Waals surface area contributed by atoms with E-state index in [1.807, 2.05) is 12.3 Å². The fraction of sp³-hybridized carbons (Fsp3) is 0.200. The molecule has 0 saturated carbocycles. The zero-order valence-corrected chi connectivity index (χ0v) is 7.08. The van der Waals surface area contributed by atoms with E-state index in [9.17, 15) is 0 Å². The fourth-order valence-corrected chi connectivity index (χ4v) is 2.02. The van der Waals surface area contributed by atoms with Gasteiger partial charge in [-0.2, -0.15) is 0 Å². The largest absolute Gasteiger partial charge is 0.499 e. The Kier molecular flexibility index (Phi) is 2.79. The third kappa shape index (κ3) is 1.76. The summed E-state index contributed by atoms with van der Waals surface area (Å²) in [7, 11) is -1.31. The fourth-order valence-electron chi connectivity index (χ4n) is 0.583. The van der Waals surface area contributed by atoms with Gasteiger partial charge in [-0.15, -0.1) is 23.1 Å². The zero-order valence-electron chi connectivity index (χ0n) is 5.44. The van der Waals surface area contributed by atoms with Crippen LogP contribution in [-0.4, -0.2) is 23.4 Å². The molecule has 0 bridgehead atoms. The summed E-state index contributed by atoms with van der Waals surface area (Å²) < 4.78 is 1.70. The average Bonchev–Trinajstić information content (AvgIpc) is 2.34. The molecule has 1 rings (SSSR count). The monoisotopic (exact) mass is 174 g/mol. The van der Waals surface area contributed by atoms with Crippen molar-refractivity contribution in [2.75, 3.05) is 6.26 Å². The molecule has 0 aromatic carbocycles. The van der Waals surface area contributed by atoms with Gasteiger partial charge in [0.25, 0.3) is 0 Å². The Morgan fingerprint density at radius 2 is 2.20 bits per heavy atom. The van der Waals surface area contributed by atoms with Crippen LogP contribution in [-0.2, 0) is 0 Å². The Labute approximate surface area is 68.0 Å². The molecule has 0 radical (unpaired) electrons. The predicted molar refractivity (Wildman–Crippen MR) is 45.9 cm³/mol. The van der Waals surface area contributed by atoms with Crippen molar-refractivity contribution in [1.29, 1.82) is 0 Å². The SMILES string of the molecule is CSc1ccc(B(O)O)s1. The Morgan fingerprint density at radius 3 is 2.50 bits per heavy atom. The topological polar surface area (TPSA) is 40.5 Å². The van der Waals surface area contributed by atoms with Gasteiger partial charge in [-0.3, -0.25) is 0 Å². The summed E-state index contributed by atoms with van der Waals surface area (Å²) in [6.07, 6.45) is 1.96. The minimum atomic E-state index is -1.31. The molecule has 5 heteroatoms. The van der Waals surface area contributed by atoms with E-state index in [0.29, 0.717) is 4.78 Å². The van der Waals surface area contributed by atoms with E-state index in [0.717, 1.165) is 4.21 Å². The Morgan fingerprint density at radius 1 is 1.50 bits per heavy atom. The molecule has 0 aliphatic heterocycles. The van der Waals surface area contributed by atoms with Crippen molar-refractivity contribution in [2.45, 2.75) is 4.21 Å². The summed E-state index contributed by atoms with van der Waals surface area (Å²) in [6.45, 7) is 0. The van der Waals surface area contributed by atoms with Gasteiger partial charge in [0.1, 0.15) is 0 Å². The van der Waals surface area contributed by atoms with Crippen LogP contribution < -0.4 is 4.78 Å². The third-order valence-corrected chi connectivity index (χ3v) is 3.27. The highest BCUT2D eigenvalue weighted by molar-refractivity contribution is 8.00. The van der Waals surface area contributed by atoms with Gasteiger partial charge in [-0.25, -0.2) is 0 Å². The lowest BCUT2D eigenvalue weighted by atomic mass is 9.90. The third-order valence-electron chi connectivity index (χ3n) is 1.06. The number of thioether (sulfide) groups is 1. The number of hydrogen-bond acceptors (Lipinski definition) is 4. The van der Waals surface area contributed by atoms with Crippen LogP contribution in [0.15, 0.2) is 16.3 Å². The lowest BCUT2D eigenvalue weighted by molar-refractivity contribution is 0.427. The van der Waals surface area contributed by atoms with Gasteiger partial charge in [0.05, 0.1) is 4.21 Å². The lowest BCUT2D eigenvalue weighted by Crippen LogP contribution is -2.26. The first kappa shape index (κ1) is 8.13. The molecule has 0 spiro atoms. The van der Waals surface area contributed by atoms with Crippen LogP contribution in [0.25, 0.3) is 0 Å². The van der Waals surface area contributed by atoms with Crippen LogP contribution in [0.4, 0.5) is 0 Å². The van der Waals surface area contributed by atoms with Crippen LogP contribution in [0.5, 0.6) is 0 Å². The summed E-state index contributed by atoms with van der Waals surface area (Å²) in [4.78, 5) is 0. The second kappa shape index (κ2) is 3.43. The van der Waals surface area contributed by atoms with Gasteiger partial charge in [0.15, 0.2) is 0 Å². The minimum Gasteiger partial charge on any atom is -0.423 e. The number of rotatable bonds is 2. The van der Waals surface area contributed by atoms with Gasteiger partial charge in [0.2, 0.25) is 0 Å². The van der Waals surface area contributed by atoms with E-state index in [4.69, 9.17) is 10.0 Å². The molecular weight excluding hydrogens is 167 g/mol. The van der Waals surface area contributed by atoms with E-state index >= 15 is 0 Å². The Hall–Kier alpha value is 0.0349. The van der Waals surface area contributed by atoms with Crippen LogP contribution in [0.2, 0.25) is 0 Å². The molecule has 1 aromatic rings. The van der Waals surface area contributed by atoms with Gasteiger partial charge >= 0.3 is 7.12 Å². The average molecular weight is 174 g/mol. The van der Waals surface area contributed by atoms with Crippen LogP contribution in [0.1, 0.15) is 0 Å². The molecule has 1 aromatic heterocycles. The van der Waals surface area contributed by atoms with Crippen LogP contribution >= 0.6 is 23.1 Å². The molecule has 0 aliphatic carbocycles. The normalized spacial score (nSPS) is 9.90. The van der Waals surface area contributed by atoms with E-state index < -0.39 is 7.12 Å². The van der Waals surface area contributed by atoms with Crippen molar-refractivity contribution in [2.24, 2.45) is 0 Å². The molecule has 10 heavy (non-hydrogen) atoms. The first-order valence-corrected chi connectivity index (χ1v) is 4.78. The van der Waals surface area contributed by atoms with Crippen molar-refractivity contribution in [3.05, 3.63) is 12.1 Å². The van der Waals surface area contributed by atoms with Crippen molar-refractivity contribution < 1.29 is 10.0 Å². The Bertz CT molecular complexity index is 211. The highest BCUT2D eigenvalue weighted by Crippen LogP contribution is 2.18. The summed E-state index contributed by atoms with van der Waals surface area (Å²) >= 11 is 3.01. The zero-order chi connectivity index (χ0) is 7.56. The van der Waals surface area contributed by atoms with E-state index in [2.05, 4.69) is 0 Å². The van der Waals surface area contributed by atoms with Crippen molar-refractivity contribution in [3.63, 3.8) is 0 Å². The van der Waals surface area contributed by atoms with Crippen LogP contribution in [0, 0.1) is 0 Å². The summed E-state index contributed by atoms with van der Waals surface area (Å²) in [5.74, 6) is 0. The summed E-state index contributed by atoms with van der Waals surface area (Å²) in [6, 6.07) is 3.60. The van der Waals surface area contributed by atoms with Crippen LogP contribution in [0.3, 0.4) is 0 Å². The van der Waals surface area contributed by atoms with Crippen molar-refractivity contribution in [3.8, 4) is 0 Å². The molecule has 54 valence electrons.